The third-order valence-corrected chi connectivity index (χ3v) is 13.5. The van der Waals surface area contributed by atoms with E-state index in [1.165, 1.54) is 35.9 Å². The van der Waals surface area contributed by atoms with Crippen molar-refractivity contribution in [3.8, 4) is 0 Å². The van der Waals surface area contributed by atoms with Gasteiger partial charge in [-0.25, -0.2) is 0 Å². The van der Waals surface area contributed by atoms with Gasteiger partial charge in [0.1, 0.15) is 6.29 Å². The summed E-state index contributed by atoms with van der Waals surface area (Å²) in [7, 11) is -2.63. The lowest BCUT2D eigenvalue weighted by molar-refractivity contribution is -0.117. The zero-order valence-corrected chi connectivity index (χ0v) is 22.0. The first kappa shape index (κ1) is 24.2. The highest BCUT2D eigenvalue weighted by Gasteiger charge is 2.54. The zero-order valence-electron chi connectivity index (χ0n) is 21.0. The Bertz CT molecular complexity index is 922. The van der Waals surface area contributed by atoms with Crippen LogP contribution >= 0.6 is 0 Å². The van der Waals surface area contributed by atoms with Crippen molar-refractivity contribution in [1.82, 2.24) is 0 Å². The van der Waals surface area contributed by atoms with Crippen LogP contribution in [-0.2, 0) is 9.22 Å². The molecule has 0 N–H and O–H groups in total. The van der Waals surface area contributed by atoms with Crippen molar-refractivity contribution in [3.05, 3.63) is 72.8 Å². The molecule has 0 saturated heterocycles. The van der Waals surface area contributed by atoms with E-state index in [2.05, 4.69) is 107 Å². The molecular weight excluding hydrogens is 420 g/mol. The molecule has 0 bridgehead atoms. The van der Waals surface area contributed by atoms with Gasteiger partial charge in [0.05, 0.1) is 0 Å². The zero-order chi connectivity index (χ0) is 23.7. The van der Waals surface area contributed by atoms with E-state index in [0.29, 0.717) is 18.4 Å². The van der Waals surface area contributed by atoms with Crippen molar-refractivity contribution in [2.45, 2.75) is 58.9 Å². The van der Waals surface area contributed by atoms with Gasteiger partial charge in [0, 0.05) is 17.9 Å². The Labute approximate surface area is 201 Å². The molecule has 2 aliphatic rings. The number of aldehydes is 1. The molecular formula is C30H40O2Si. The average Bonchev–Trinajstić information content (AvgIpc) is 2.80. The molecule has 0 amide bonds. The number of rotatable bonds is 6. The third-order valence-electron chi connectivity index (χ3n) is 8.50. The lowest BCUT2D eigenvalue weighted by Crippen LogP contribution is -2.67. The minimum atomic E-state index is -2.63. The van der Waals surface area contributed by atoms with E-state index < -0.39 is 8.32 Å². The van der Waals surface area contributed by atoms with E-state index in [4.69, 9.17) is 4.43 Å². The van der Waals surface area contributed by atoms with Crippen molar-refractivity contribution in [2.24, 2.45) is 29.1 Å². The predicted octanol–water partition coefficient (Wildman–Crippen LogP) is 6.01. The first-order chi connectivity index (χ1) is 15.7. The lowest BCUT2D eigenvalue weighted by Gasteiger charge is -2.52. The van der Waals surface area contributed by atoms with Crippen LogP contribution in [0.5, 0.6) is 0 Å². The van der Waals surface area contributed by atoms with E-state index >= 15 is 0 Å². The van der Waals surface area contributed by atoms with Crippen molar-refractivity contribution in [1.29, 1.82) is 0 Å². The number of fused-ring (bicyclic) bond motifs is 1. The summed E-state index contributed by atoms with van der Waals surface area (Å²) in [5, 5.41) is 2.54. The standard InChI is InChI=1S/C30H40O2Si/c1-23-16-19-28-24(20-23)17-18-25(21-31)30(28,5)22-32-33(29(2,3)4,26-12-8-6-9-13-26)27-14-10-7-11-15-27/h6-15,17-18,21,23-25,28H,16,19-20,22H2,1-5H3/t23-,24-,25+,28-,30-/m1/s1. The number of hydrogen-bond donors (Lipinski definition) is 0. The maximum Gasteiger partial charge on any atom is 0.261 e. The molecule has 5 atom stereocenters. The second-order valence-electron chi connectivity index (χ2n) is 11.7. The van der Waals surface area contributed by atoms with Crippen molar-refractivity contribution >= 4 is 25.0 Å². The van der Waals surface area contributed by atoms with Crippen LogP contribution in [0.15, 0.2) is 72.8 Å². The maximum absolute atomic E-state index is 12.3. The summed E-state index contributed by atoms with van der Waals surface area (Å²) in [6.45, 7) is 12.3. The summed E-state index contributed by atoms with van der Waals surface area (Å²) in [4.78, 5) is 12.3. The maximum atomic E-state index is 12.3. The van der Waals surface area contributed by atoms with Crippen LogP contribution in [0.3, 0.4) is 0 Å². The van der Waals surface area contributed by atoms with E-state index in [0.717, 1.165) is 5.92 Å². The molecule has 0 aliphatic heterocycles. The molecule has 0 radical (unpaired) electrons. The molecule has 0 aromatic heterocycles. The Kier molecular flexibility index (Phi) is 6.84. The number of carbonyl (C=O) groups excluding carboxylic acids is 1. The highest BCUT2D eigenvalue weighted by atomic mass is 28.4. The molecule has 2 aromatic carbocycles. The van der Waals surface area contributed by atoms with Gasteiger partial charge in [-0.15, -0.1) is 0 Å². The van der Waals surface area contributed by atoms with Crippen LogP contribution in [0.4, 0.5) is 0 Å². The fraction of sp³-hybridized carbons (Fsp3) is 0.500. The second kappa shape index (κ2) is 9.35. The topological polar surface area (TPSA) is 26.3 Å². The number of hydrogen-bond acceptors (Lipinski definition) is 2. The number of allylic oxidation sites excluding steroid dienone is 2. The van der Waals surface area contributed by atoms with Crippen LogP contribution in [-0.4, -0.2) is 21.2 Å². The van der Waals surface area contributed by atoms with Gasteiger partial charge >= 0.3 is 0 Å². The molecule has 0 spiro atoms. The van der Waals surface area contributed by atoms with Gasteiger partial charge < -0.3 is 9.22 Å². The molecule has 1 saturated carbocycles. The van der Waals surface area contributed by atoms with E-state index in [1.807, 2.05) is 0 Å². The van der Waals surface area contributed by atoms with Gasteiger partial charge in [0.2, 0.25) is 0 Å². The van der Waals surface area contributed by atoms with E-state index in [-0.39, 0.29) is 16.4 Å². The molecule has 4 rings (SSSR count). The Balaban J connectivity index is 1.78. The molecule has 2 aliphatic carbocycles. The number of carbonyl (C=O) groups is 1. The monoisotopic (exact) mass is 460 g/mol. The molecule has 0 heterocycles. The Morgan fingerprint density at radius 2 is 1.55 bits per heavy atom. The van der Waals surface area contributed by atoms with Gasteiger partial charge in [-0.2, -0.15) is 0 Å². The van der Waals surface area contributed by atoms with Gasteiger partial charge in [-0.05, 0) is 46.0 Å². The summed E-state index contributed by atoms with van der Waals surface area (Å²) in [5.41, 5.74) is -0.186. The van der Waals surface area contributed by atoms with Crippen molar-refractivity contribution in [2.75, 3.05) is 6.61 Å². The summed E-state index contributed by atoms with van der Waals surface area (Å²) >= 11 is 0. The Morgan fingerprint density at radius 1 is 0.970 bits per heavy atom. The Hall–Kier alpha value is -1.97. The fourth-order valence-corrected chi connectivity index (χ4v) is 11.3. The first-order valence-electron chi connectivity index (χ1n) is 12.6. The second-order valence-corrected chi connectivity index (χ2v) is 16.0. The quantitative estimate of drug-likeness (QED) is 0.300. The highest BCUT2D eigenvalue weighted by Crippen LogP contribution is 2.52. The first-order valence-corrected chi connectivity index (χ1v) is 14.5. The molecule has 2 nitrogen and oxygen atoms in total. The van der Waals surface area contributed by atoms with Crippen molar-refractivity contribution in [3.63, 3.8) is 0 Å². The third kappa shape index (κ3) is 4.30. The molecule has 2 aromatic rings. The molecule has 1 fully saturated rings. The number of benzene rings is 2. The van der Waals surface area contributed by atoms with Crippen LogP contribution < -0.4 is 10.4 Å². The minimum absolute atomic E-state index is 0.0618. The lowest BCUT2D eigenvalue weighted by atomic mass is 9.56. The van der Waals surface area contributed by atoms with Gasteiger partial charge in [-0.1, -0.05) is 114 Å². The van der Waals surface area contributed by atoms with Crippen molar-refractivity contribution < 1.29 is 9.22 Å². The van der Waals surface area contributed by atoms with Gasteiger partial charge in [-0.3, -0.25) is 0 Å². The highest BCUT2D eigenvalue weighted by molar-refractivity contribution is 6.99. The summed E-state index contributed by atoms with van der Waals surface area (Å²) in [6, 6.07) is 21.7. The van der Waals surface area contributed by atoms with E-state index in [1.54, 1.807) is 0 Å². The summed E-state index contributed by atoms with van der Waals surface area (Å²) < 4.78 is 7.36. The predicted molar refractivity (Wildman–Crippen MR) is 140 cm³/mol. The van der Waals surface area contributed by atoms with E-state index in [9.17, 15) is 4.79 Å². The smallest absolute Gasteiger partial charge is 0.261 e. The van der Waals surface area contributed by atoms with Crippen LogP contribution in [0.25, 0.3) is 0 Å². The minimum Gasteiger partial charge on any atom is -0.407 e. The van der Waals surface area contributed by atoms with Gasteiger partial charge in [0.25, 0.3) is 8.32 Å². The van der Waals surface area contributed by atoms with Crippen LogP contribution in [0.1, 0.15) is 53.9 Å². The van der Waals surface area contributed by atoms with Gasteiger partial charge in [0.15, 0.2) is 0 Å². The van der Waals surface area contributed by atoms with Crippen LogP contribution in [0, 0.1) is 29.1 Å². The summed E-state index contributed by atoms with van der Waals surface area (Å²) in [5.74, 6) is 1.71. The largest absolute Gasteiger partial charge is 0.407 e. The van der Waals surface area contributed by atoms with Crippen LogP contribution in [0.2, 0.25) is 5.04 Å². The average molecular weight is 461 g/mol. The molecule has 3 heteroatoms. The fourth-order valence-electron chi connectivity index (χ4n) is 6.62. The SMILES string of the molecule is C[C@@H]1CC[C@@H]2[C@H](C=C[C@@H](C=O)[C@@]2(C)CO[Si](c2ccccc2)(c2ccccc2)C(C)(C)C)C1. The molecule has 33 heavy (non-hydrogen) atoms. The Morgan fingerprint density at radius 3 is 2.06 bits per heavy atom. The molecule has 0 unspecified atom stereocenters. The normalized spacial score (nSPS) is 30.0. The summed E-state index contributed by atoms with van der Waals surface area (Å²) in [6.07, 6.45) is 9.34. The molecule has 176 valence electrons.